The molecule has 0 aromatic rings. The van der Waals surface area contributed by atoms with Gasteiger partial charge in [-0.3, -0.25) is 0 Å². The van der Waals surface area contributed by atoms with E-state index in [2.05, 4.69) is 47.0 Å². The summed E-state index contributed by atoms with van der Waals surface area (Å²) in [5, 5.41) is 0. The first kappa shape index (κ1) is 9.00. The fraction of sp³-hybridized carbons (Fsp3) is 0.429. The van der Waals surface area contributed by atoms with Crippen LogP contribution in [0.25, 0.3) is 0 Å². The highest BCUT2D eigenvalue weighted by molar-refractivity contribution is 9.11. The van der Waals surface area contributed by atoms with Crippen LogP contribution in [0.2, 0.25) is 19.6 Å². The smallest absolute Gasteiger partial charge is 0.127 e. The van der Waals surface area contributed by atoms with Crippen molar-refractivity contribution in [1.82, 2.24) is 0 Å². The molecule has 9 heavy (non-hydrogen) atoms. The molecule has 0 bridgehead atoms. The molecule has 50 valence electrons. The fourth-order valence-corrected chi connectivity index (χ4v) is 0.938. The molecule has 0 heterocycles. The topological polar surface area (TPSA) is 0 Å². The zero-order valence-corrected chi connectivity index (χ0v) is 8.62. The number of hydrogen-bond acceptors (Lipinski definition) is 0. The van der Waals surface area contributed by atoms with Crippen molar-refractivity contribution in [3.63, 3.8) is 0 Å². The Kier molecular flexibility index (Phi) is 3.92. The molecule has 0 rings (SSSR count). The Labute approximate surface area is 66.5 Å². The van der Waals surface area contributed by atoms with Gasteiger partial charge in [0.25, 0.3) is 0 Å². The quantitative estimate of drug-likeness (QED) is 0.419. The van der Waals surface area contributed by atoms with Gasteiger partial charge in [-0.15, -0.1) is 5.54 Å². The normalized spacial score (nSPS) is 11.1. The van der Waals surface area contributed by atoms with Crippen molar-refractivity contribution in [2.24, 2.45) is 0 Å². The van der Waals surface area contributed by atoms with Crippen molar-refractivity contribution in [2.45, 2.75) is 19.6 Å². The Morgan fingerprint density at radius 2 is 1.89 bits per heavy atom. The summed E-state index contributed by atoms with van der Waals surface area (Å²) in [6.45, 7) is 6.67. The molecule has 0 spiro atoms. The van der Waals surface area contributed by atoms with Gasteiger partial charge in [0.1, 0.15) is 8.07 Å². The highest BCUT2D eigenvalue weighted by Gasteiger charge is 2.06. The van der Waals surface area contributed by atoms with Crippen molar-refractivity contribution >= 4 is 24.0 Å². The summed E-state index contributed by atoms with van der Waals surface area (Å²) in [7, 11) is -1.13. The van der Waals surface area contributed by atoms with Crippen molar-refractivity contribution in [2.75, 3.05) is 0 Å². The van der Waals surface area contributed by atoms with Crippen LogP contribution in [0, 0.1) is 11.5 Å². The maximum absolute atomic E-state index is 3.19. The molecule has 0 aliphatic carbocycles. The molecule has 0 radical (unpaired) electrons. The first-order valence-electron chi connectivity index (χ1n) is 2.84. The molecule has 0 atom stereocenters. The zero-order chi connectivity index (χ0) is 7.33. The molecule has 0 nitrogen and oxygen atoms in total. The second-order valence-electron chi connectivity index (χ2n) is 2.81. The lowest BCUT2D eigenvalue weighted by Crippen LogP contribution is -2.16. The largest absolute Gasteiger partial charge is 0.129 e. The Bertz CT molecular complexity index is 154. The Hall–Kier alpha value is -0.00312. The lowest BCUT2D eigenvalue weighted by Gasteiger charge is -2.01. The van der Waals surface area contributed by atoms with E-state index in [1.807, 2.05) is 6.08 Å². The van der Waals surface area contributed by atoms with E-state index in [1.54, 1.807) is 4.99 Å². The van der Waals surface area contributed by atoms with E-state index in [0.29, 0.717) is 0 Å². The zero-order valence-electron chi connectivity index (χ0n) is 6.03. The van der Waals surface area contributed by atoms with Crippen LogP contribution < -0.4 is 0 Å². The summed E-state index contributed by atoms with van der Waals surface area (Å²) in [5.74, 6) is 2.96. The predicted octanol–water partition coefficient (Wildman–Crippen LogP) is 2.78. The van der Waals surface area contributed by atoms with Crippen LogP contribution in [-0.4, -0.2) is 8.07 Å². The van der Waals surface area contributed by atoms with Gasteiger partial charge in [-0.1, -0.05) is 41.5 Å². The second kappa shape index (κ2) is 3.92. The average Bonchev–Trinajstić information content (AvgIpc) is 1.63. The number of rotatable bonds is 0. The molecular formula is C7H11BrSi. The summed E-state index contributed by atoms with van der Waals surface area (Å²) < 4.78 is 0. The minimum Gasteiger partial charge on any atom is -0.127 e. The SMILES string of the molecule is C[Si](C)(C)C#C/C=C/Br. The minimum atomic E-state index is -1.13. The van der Waals surface area contributed by atoms with Crippen molar-refractivity contribution < 1.29 is 0 Å². The number of hydrogen-bond donors (Lipinski definition) is 0. The van der Waals surface area contributed by atoms with Gasteiger partial charge in [-0.2, -0.15) is 0 Å². The van der Waals surface area contributed by atoms with Gasteiger partial charge in [0.15, 0.2) is 0 Å². The maximum Gasteiger partial charge on any atom is 0.129 e. The third-order valence-corrected chi connectivity index (χ3v) is 1.75. The molecule has 0 aliphatic rings. The Morgan fingerprint density at radius 1 is 1.33 bits per heavy atom. The Balaban J connectivity index is 3.88. The van der Waals surface area contributed by atoms with Gasteiger partial charge in [-0.25, -0.2) is 0 Å². The summed E-state index contributed by atoms with van der Waals surface area (Å²) in [6.07, 6.45) is 1.82. The van der Waals surface area contributed by atoms with Gasteiger partial charge < -0.3 is 0 Å². The number of allylic oxidation sites excluding steroid dienone is 1. The molecule has 0 saturated heterocycles. The molecule has 0 aliphatic heterocycles. The molecule has 0 amide bonds. The second-order valence-corrected chi connectivity index (χ2v) is 8.09. The summed E-state index contributed by atoms with van der Waals surface area (Å²) in [6, 6.07) is 0. The molecule has 0 fully saturated rings. The first-order valence-corrected chi connectivity index (χ1v) is 7.26. The van der Waals surface area contributed by atoms with Gasteiger partial charge >= 0.3 is 0 Å². The average molecular weight is 203 g/mol. The van der Waals surface area contributed by atoms with Gasteiger partial charge in [-0.05, 0) is 11.1 Å². The van der Waals surface area contributed by atoms with Crippen LogP contribution in [-0.2, 0) is 0 Å². The highest BCUT2D eigenvalue weighted by atomic mass is 79.9. The van der Waals surface area contributed by atoms with E-state index in [-0.39, 0.29) is 0 Å². The maximum atomic E-state index is 3.19. The van der Waals surface area contributed by atoms with Crippen LogP contribution in [0.3, 0.4) is 0 Å². The van der Waals surface area contributed by atoms with E-state index in [4.69, 9.17) is 0 Å². The Morgan fingerprint density at radius 3 is 2.22 bits per heavy atom. The fourth-order valence-electron chi connectivity index (χ4n) is 0.290. The summed E-state index contributed by atoms with van der Waals surface area (Å²) in [5.41, 5.74) is 3.19. The third-order valence-electron chi connectivity index (χ3n) is 0.593. The van der Waals surface area contributed by atoms with Crippen molar-refractivity contribution in [3.05, 3.63) is 11.1 Å². The molecule has 0 aromatic carbocycles. The van der Waals surface area contributed by atoms with E-state index in [9.17, 15) is 0 Å². The van der Waals surface area contributed by atoms with Gasteiger partial charge in [0.05, 0.1) is 0 Å². The van der Waals surface area contributed by atoms with E-state index >= 15 is 0 Å². The molecule has 0 N–H and O–H groups in total. The van der Waals surface area contributed by atoms with Crippen LogP contribution in [0.15, 0.2) is 11.1 Å². The predicted molar refractivity (Wildman–Crippen MR) is 49.2 cm³/mol. The van der Waals surface area contributed by atoms with Gasteiger partial charge in [0, 0.05) is 0 Å². The molecule has 0 saturated carbocycles. The van der Waals surface area contributed by atoms with Crippen LogP contribution >= 0.6 is 15.9 Å². The van der Waals surface area contributed by atoms with Crippen molar-refractivity contribution in [1.29, 1.82) is 0 Å². The van der Waals surface area contributed by atoms with Crippen LogP contribution in [0.4, 0.5) is 0 Å². The molecule has 2 heteroatoms. The van der Waals surface area contributed by atoms with E-state index in [0.717, 1.165) is 0 Å². The lowest BCUT2D eigenvalue weighted by atomic mass is 10.7. The van der Waals surface area contributed by atoms with Crippen molar-refractivity contribution in [3.8, 4) is 11.5 Å². The van der Waals surface area contributed by atoms with E-state index in [1.165, 1.54) is 0 Å². The lowest BCUT2D eigenvalue weighted by molar-refractivity contribution is 1.81. The summed E-state index contributed by atoms with van der Waals surface area (Å²) in [4.78, 5) is 1.78. The first-order chi connectivity index (χ1) is 4.06. The van der Waals surface area contributed by atoms with E-state index < -0.39 is 8.07 Å². The molecule has 0 unspecified atom stereocenters. The standard InChI is InChI=1S/C7H11BrSi/c1-9(2,3)7-5-4-6-8/h4,6H,1-3H3/b6-4+. The monoisotopic (exact) mass is 202 g/mol. The molecular weight excluding hydrogens is 192 g/mol. The minimum absolute atomic E-state index is 1.13. The van der Waals surface area contributed by atoms with Crippen LogP contribution in [0.5, 0.6) is 0 Å². The third kappa shape index (κ3) is 8.00. The molecule has 0 aromatic heterocycles. The van der Waals surface area contributed by atoms with Crippen LogP contribution in [0.1, 0.15) is 0 Å². The van der Waals surface area contributed by atoms with Gasteiger partial charge in [0.2, 0.25) is 0 Å². The number of halogens is 1. The highest BCUT2D eigenvalue weighted by Crippen LogP contribution is 1.95. The summed E-state index contributed by atoms with van der Waals surface area (Å²) >= 11 is 3.15.